The van der Waals surface area contributed by atoms with Crippen LogP contribution in [0.5, 0.6) is 5.75 Å². The Morgan fingerprint density at radius 3 is 2.50 bits per heavy atom. The van der Waals surface area contributed by atoms with Gasteiger partial charge in [-0.25, -0.2) is 8.93 Å². The smallest absolute Gasteiger partial charge is 0.188 e. The lowest BCUT2D eigenvalue weighted by atomic mass is 10.1. The van der Waals surface area contributed by atoms with Gasteiger partial charge in [-0.15, -0.1) is 0 Å². The second kappa shape index (κ2) is 8.47. The van der Waals surface area contributed by atoms with Gasteiger partial charge in [-0.2, -0.15) is 0 Å². The molecule has 0 amide bonds. The predicted octanol–water partition coefficient (Wildman–Crippen LogP) is 3.03. The third kappa shape index (κ3) is 5.08. The molecule has 1 aromatic carbocycles. The first-order valence-electron chi connectivity index (χ1n) is 6.70. The van der Waals surface area contributed by atoms with E-state index in [0.29, 0.717) is 21.4 Å². The summed E-state index contributed by atoms with van der Waals surface area (Å²) in [6, 6.07) is 2.86. The first kappa shape index (κ1) is 19.7. The number of halogens is 2. The van der Waals surface area contributed by atoms with Crippen LogP contribution in [0, 0.1) is 0 Å². The highest BCUT2D eigenvalue weighted by Crippen LogP contribution is 2.37. The van der Waals surface area contributed by atoms with Gasteiger partial charge in [-0.05, 0) is 32.9 Å². The number of nitrogens with one attached hydrogen (secondary N) is 1. The summed E-state index contributed by atoms with van der Waals surface area (Å²) in [4.78, 5) is 0. The first-order chi connectivity index (χ1) is 10.2. The molecule has 2 atom stereocenters. The van der Waals surface area contributed by atoms with Gasteiger partial charge in [0.1, 0.15) is 5.75 Å². The zero-order valence-electron chi connectivity index (χ0n) is 13.1. The maximum atomic E-state index is 12.3. The summed E-state index contributed by atoms with van der Waals surface area (Å²) < 4.78 is 25.3. The van der Waals surface area contributed by atoms with Crippen molar-refractivity contribution in [2.75, 3.05) is 20.4 Å². The van der Waals surface area contributed by atoms with Crippen LogP contribution in [0.1, 0.15) is 32.4 Å². The molecule has 0 spiro atoms. The molecule has 0 radical (unpaired) electrons. The van der Waals surface area contributed by atoms with Crippen molar-refractivity contribution in [3.05, 3.63) is 27.7 Å². The second-order valence-corrected chi connectivity index (χ2v) is 8.39. The van der Waals surface area contributed by atoms with Crippen molar-refractivity contribution in [3.8, 4) is 5.75 Å². The molecule has 3 N–H and O–H groups in total. The zero-order chi connectivity index (χ0) is 16.9. The molecule has 0 aliphatic carbocycles. The van der Waals surface area contributed by atoms with E-state index < -0.39 is 21.8 Å². The van der Waals surface area contributed by atoms with Gasteiger partial charge >= 0.3 is 0 Å². The van der Waals surface area contributed by atoms with Crippen molar-refractivity contribution in [1.82, 2.24) is 4.72 Å². The topological polar surface area (TPSA) is 73.6 Å². The van der Waals surface area contributed by atoms with Crippen LogP contribution in [0.2, 0.25) is 10.0 Å². The fraction of sp³-hybridized carbons (Fsp3) is 0.571. The average Bonchev–Trinajstić information content (AvgIpc) is 2.45. The molecule has 0 bridgehead atoms. The standard InChI is InChI=1S/C14H22Cl2N2O3S/c1-14(2,3)22(19)18-10(7-17)12-11(21-8-20-4)6-5-9(15)13(12)16/h5-6,10,18H,7-8,17H2,1-4H3/t10-,22?/m1/s1. The molecule has 0 saturated heterocycles. The van der Waals surface area contributed by atoms with Crippen LogP contribution in [-0.4, -0.2) is 29.4 Å². The molecule has 0 heterocycles. The van der Waals surface area contributed by atoms with E-state index in [1.165, 1.54) is 7.11 Å². The molecule has 0 saturated carbocycles. The second-order valence-electron chi connectivity index (χ2n) is 5.61. The molecule has 1 unspecified atom stereocenters. The molecule has 22 heavy (non-hydrogen) atoms. The molecule has 0 aliphatic rings. The van der Waals surface area contributed by atoms with Crippen molar-refractivity contribution >= 4 is 34.2 Å². The predicted molar refractivity (Wildman–Crippen MR) is 91.8 cm³/mol. The number of methoxy groups -OCH3 is 1. The molecule has 1 aromatic rings. The number of hydrogen-bond acceptors (Lipinski definition) is 4. The Bertz CT molecular complexity index is 536. The normalized spacial score (nSPS) is 14.7. The molecule has 0 fully saturated rings. The van der Waals surface area contributed by atoms with E-state index in [1.807, 2.05) is 20.8 Å². The maximum absolute atomic E-state index is 12.3. The largest absolute Gasteiger partial charge is 0.467 e. The Morgan fingerprint density at radius 2 is 2.00 bits per heavy atom. The van der Waals surface area contributed by atoms with Crippen LogP contribution < -0.4 is 15.2 Å². The van der Waals surface area contributed by atoms with E-state index in [2.05, 4.69) is 4.72 Å². The highest BCUT2D eigenvalue weighted by Gasteiger charge is 2.27. The van der Waals surface area contributed by atoms with Gasteiger partial charge in [0.2, 0.25) is 0 Å². The van der Waals surface area contributed by atoms with Gasteiger partial charge < -0.3 is 15.2 Å². The quantitative estimate of drug-likeness (QED) is 0.725. The third-order valence-corrected chi connectivity index (χ3v) is 5.24. The SMILES string of the molecule is COCOc1ccc(Cl)c(Cl)c1[C@@H](CN)NS(=O)C(C)(C)C. The number of rotatable bonds is 7. The Hall–Kier alpha value is -0.370. The molecular weight excluding hydrogens is 347 g/mol. The molecule has 0 aliphatic heterocycles. The Labute approximate surface area is 144 Å². The number of hydrogen-bond donors (Lipinski definition) is 2. The van der Waals surface area contributed by atoms with Gasteiger partial charge in [0, 0.05) is 19.2 Å². The van der Waals surface area contributed by atoms with E-state index in [9.17, 15) is 4.21 Å². The summed E-state index contributed by atoms with van der Waals surface area (Å²) in [5.41, 5.74) is 6.40. The lowest BCUT2D eigenvalue weighted by Gasteiger charge is -2.26. The summed E-state index contributed by atoms with van der Waals surface area (Å²) in [5.74, 6) is 0.491. The lowest BCUT2D eigenvalue weighted by molar-refractivity contribution is 0.0501. The highest BCUT2D eigenvalue weighted by molar-refractivity contribution is 7.84. The van der Waals surface area contributed by atoms with Crippen molar-refractivity contribution in [2.24, 2.45) is 5.73 Å². The van der Waals surface area contributed by atoms with E-state index in [4.69, 9.17) is 38.4 Å². The Balaban J connectivity index is 3.19. The van der Waals surface area contributed by atoms with Crippen LogP contribution in [0.25, 0.3) is 0 Å². The van der Waals surface area contributed by atoms with Crippen LogP contribution in [0.15, 0.2) is 12.1 Å². The Kier molecular flexibility index (Phi) is 7.58. The Morgan fingerprint density at radius 1 is 1.36 bits per heavy atom. The molecule has 8 heteroatoms. The van der Waals surface area contributed by atoms with Crippen LogP contribution in [0.3, 0.4) is 0 Å². The summed E-state index contributed by atoms with van der Waals surface area (Å²) in [7, 11) is 0.203. The molecule has 126 valence electrons. The van der Waals surface area contributed by atoms with E-state index in [-0.39, 0.29) is 13.3 Å². The van der Waals surface area contributed by atoms with Gasteiger partial charge in [0.15, 0.2) is 6.79 Å². The van der Waals surface area contributed by atoms with Crippen molar-refractivity contribution in [1.29, 1.82) is 0 Å². The maximum Gasteiger partial charge on any atom is 0.188 e. The fourth-order valence-electron chi connectivity index (χ4n) is 1.65. The minimum Gasteiger partial charge on any atom is -0.467 e. The number of benzene rings is 1. The molecule has 1 rings (SSSR count). The van der Waals surface area contributed by atoms with Gasteiger partial charge in [-0.1, -0.05) is 23.2 Å². The highest BCUT2D eigenvalue weighted by atomic mass is 35.5. The van der Waals surface area contributed by atoms with Crippen molar-refractivity contribution < 1.29 is 13.7 Å². The number of nitrogens with two attached hydrogens (primary N) is 1. The monoisotopic (exact) mass is 368 g/mol. The van der Waals surface area contributed by atoms with Gasteiger partial charge in [0.05, 0.1) is 31.8 Å². The average molecular weight is 369 g/mol. The minimum absolute atomic E-state index is 0.0601. The van der Waals surface area contributed by atoms with Crippen molar-refractivity contribution in [3.63, 3.8) is 0 Å². The number of ether oxygens (including phenoxy) is 2. The van der Waals surface area contributed by atoms with Crippen LogP contribution in [0.4, 0.5) is 0 Å². The first-order valence-corrected chi connectivity index (χ1v) is 8.60. The van der Waals surface area contributed by atoms with Crippen LogP contribution in [-0.2, 0) is 15.7 Å². The van der Waals surface area contributed by atoms with Gasteiger partial charge in [0.25, 0.3) is 0 Å². The van der Waals surface area contributed by atoms with E-state index >= 15 is 0 Å². The van der Waals surface area contributed by atoms with E-state index in [1.54, 1.807) is 12.1 Å². The molecule has 0 aromatic heterocycles. The van der Waals surface area contributed by atoms with Gasteiger partial charge in [-0.3, -0.25) is 0 Å². The summed E-state index contributed by atoms with van der Waals surface area (Å²) >= 11 is 12.4. The summed E-state index contributed by atoms with van der Waals surface area (Å²) in [5, 5.41) is 0.701. The van der Waals surface area contributed by atoms with E-state index in [0.717, 1.165) is 0 Å². The fourth-order valence-corrected chi connectivity index (χ4v) is 2.93. The minimum atomic E-state index is -1.32. The summed E-state index contributed by atoms with van der Waals surface area (Å²) in [6.45, 7) is 5.85. The molecule has 5 nitrogen and oxygen atoms in total. The third-order valence-electron chi connectivity index (χ3n) is 2.81. The van der Waals surface area contributed by atoms with Crippen LogP contribution >= 0.6 is 23.2 Å². The molecular formula is C14H22Cl2N2O3S. The zero-order valence-corrected chi connectivity index (χ0v) is 15.4. The van der Waals surface area contributed by atoms with Crippen molar-refractivity contribution in [2.45, 2.75) is 31.6 Å². The lowest BCUT2D eigenvalue weighted by Crippen LogP contribution is -2.38. The summed E-state index contributed by atoms with van der Waals surface area (Å²) in [6.07, 6.45) is 0.